The predicted octanol–water partition coefficient (Wildman–Crippen LogP) is 4.46. The Balaban J connectivity index is 3.60. The van der Waals surface area contributed by atoms with Gasteiger partial charge in [0.2, 0.25) is 0 Å². The number of halogens is 1. The third kappa shape index (κ3) is 11.5. The van der Waals surface area contributed by atoms with Gasteiger partial charge in [-0.3, -0.25) is 0 Å². The highest BCUT2D eigenvalue weighted by Gasteiger charge is 2.18. The lowest BCUT2D eigenvalue weighted by Gasteiger charge is -2.22. The molecule has 3 nitrogen and oxygen atoms in total. The van der Waals surface area contributed by atoms with Gasteiger partial charge >= 0.3 is 6.09 Å². The highest BCUT2D eigenvalue weighted by molar-refractivity contribution is 9.09. The van der Waals surface area contributed by atoms with Crippen molar-refractivity contribution in [1.82, 2.24) is 5.32 Å². The van der Waals surface area contributed by atoms with Gasteiger partial charge in [0.25, 0.3) is 0 Å². The maximum Gasteiger partial charge on any atom is 0.407 e. The van der Waals surface area contributed by atoms with E-state index in [9.17, 15) is 4.79 Å². The van der Waals surface area contributed by atoms with E-state index in [4.69, 9.17) is 4.74 Å². The molecule has 0 aromatic heterocycles. The van der Waals surface area contributed by atoms with Gasteiger partial charge in [-0.25, -0.2) is 4.79 Å². The number of ether oxygens (including phenoxy) is 1. The van der Waals surface area contributed by atoms with Crippen LogP contribution in [0.1, 0.15) is 41.0 Å². The summed E-state index contributed by atoms with van der Waals surface area (Å²) in [6.07, 6.45) is 0.789. The summed E-state index contributed by atoms with van der Waals surface area (Å²) in [7, 11) is 3.65. The summed E-state index contributed by atoms with van der Waals surface area (Å²) in [6, 6.07) is 0. The molecular weight excluding hydrogens is 334 g/mol. The van der Waals surface area contributed by atoms with Gasteiger partial charge in [0.15, 0.2) is 0 Å². The summed E-state index contributed by atoms with van der Waals surface area (Å²) in [4.78, 5) is 11.4. The molecular formula is C12H24BrNO2S2. The molecule has 0 aliphatic heterocycles. The zero-order valence-corrected chi connectivity index (χ0v) is 15.1. The highest BCUT2D eigenvalue weighted by atomic mass is 79.9. The second-order valence-electron chi connectivity index (χ2n) is 5.53. The molecule has 0 radical (unpaired) electrons. The van der Waals surface area contributed by atoms with Crippen LogP contribution in [-0.2, 0) is 4.74 Å². The minimum atomic E-state index is -0.427. The first kappa shape index (κ1) is 18.4. The maximum absolute atomic E-state index is 11.4. The predicted molar refractivity (Wildman–Crippen MR) is 86.8 cm³/mol. The molecule has 0 spiro atoms. The number of amides is 1. The smallest absolute Gasteiger partial charge is 0.407 e. The molecule has 108 valence electrons. The van der Waals surface area contributed by atoms with Crippen LogP contribution < -0.4 is 5.32 Å². The van der Waals surface area contributed by atoms with Crippen molar-refractivity contribution in [1.29, 1.82) is 0 Å². The van der Waals surface area contributed by atoms with Crippen molar-refractivity contribution >= 4 is 43.6 Å². The summed E-state index contributed by atoms with van der Waals surface area (Å²) in [5, 5.41) is 3.77. The quantitative estimate of drug-likeness (QED) is 0.414. The zero-order chi connectivity index (χ0) is 14.2. The highest BCUT2D eigenvalue weighted by Crippen LogP contribution is 2.37. The van der Waals surface area contributed by atoms with Crippen molar-refractivity contribution in [3.63, 3.8) is 0 Å². The summed E-state index contributed by atoms with van der Waals surface area (Å²) < 4.78 is 5.42. The van der Waals surface area contributed by atoms with E-state index >= 15 is 0 Å². The van der Waals surface area contributed by atoms with Crippen LogP contribution in [0.15, 0.2) is 0 Å². The number of hydrogen-bond donors (Lipinski definition) is 1. The van der Waals surface area contributed by atoms with E-state index in [1.165, 1.54) is 0 Å². The summed E-state index contributed by atoms with van der Waals surface area (Å²) in [5.41, 5.74) is -0.427. The molecule has 0 rings (SSSR count). The summed E-state index contributed by atoms with van der Waals surface area (Å²) in [5.74, 6) is 0.885. The second-order valence-corrected chi connectivity index (χ2v) is 9.45. The molecule has 0 unspecified atom stereocenters. The van der Waals surface area contributed by atoms with Crippen molar-refractivity contribution in [3.05, 3.63) is 0 Å². The van der Waals surface area contributed by atoms with Gasteiger partial charge in [-0.05, 0) is 41.0 Å². The molecule has 0 aliphatic carbocycles. The van der Waals surface area contributed by atoms with Crippen molar-refractivity contribution < 1.29 is 9.53 Å². The van der Waals surface area contributed by atoms with Crippen molar-refractivity contribution in [2.75, 3.05) is 17.6 Å². The van der Waals surface area contributed by atoms with Gasteiger partial charge in [0.05, 0.1) is 0 Å². The van der Waals surface area contributed by atoms with Crippen LogP contribution in [0, 0.1) is 0 Å². The molecule has 0 saturated carbocycles. The fraction of sp³-hybridized carbons (Fsp3) is 0.917. The fourth-order valence-corrected chi connectivity index (χ4v) is 4.71. The van der Waals surface area contributed by atoms with Crippen molar-refractivity contribution in [3.8, 4) is 0 Å². The van der Waals surface area contributed by atoms with E-state index in [2.05, 4.69) is 35.1 Å². The van der Waals surface area contributed by atoms with Crippen LogP contribution in [0.4, 0.5) is 4.79 Å². The molecule has 0 atom stereocenters. The van der Waals surface area contributed by atoms with Crippen LogP contribution in [0.5, 0.6) is 0 Å². The number of hydrogen-bond acceptors (Lipinski definition) is 4. The van der Waals surface area contributed by atoms with Crippen LogP contribution in [0.3, 0.4) is 0 Å². The monoisotopic (exact) mass is 357 g/mol. The Hall–Kier alpha value is 0.450. The van der Waals surface area contributed by atoms with Gasteiger partial charge in [0, 0.05) is 22.4 Å². The van der Waals surface area contributed by atoms with Crippen molar-refractivity contribution in [2.24, 2.45) is 0 Å². The first-order chi connectivity index (χ1) is 8.16. The summed E-state index contributed by atoms with van der Waals surface area (Å²) >= 11 is 3.46. The number of carbonyl (C=O) groups excluding carboxylic acids is 1. The molecule has 0 fully saturated rings. The molecule has 0 aromatic carbocycles. The van der Waals surface area contributed by atoms with E-state index in [1.807, 2.05) is 31.6 Å². The Morgan fingerprint density at radius 1 is 1.28 bits per heavy atom. The van der Waals surface area contributed by atoms with Gasteiger partial charge in [0.1, 0.15) is 5.60 Å². The lowest BCUT2D eigenvalue weighted by Crippen LogP contribution is -2.33. The lowest BCUT2D eigenvalue weighted by atomic mass is 10.1. The zero-order valence-electron chi connectivity index (χ0n) is 11.8. The SMILES string of the molecule is CC(C)(C)OC(=O)NCCSSC(C)(C)CCBr. The molecule has 0 saturated heterocycles. The van der Waals surface area contributed by atoms with E-state index in [0.29, 0.717) is 6.54 Å². The number of carbonyl (C=O) groups is 1. The Morgan fingerprint density at radius 3 is 2.39 bits per heavy atom. The molecule has 1 amide bonds. The molecule has 0 heterocycles. The van der Waals surface area contributed by atoms with Crippen LogP contribution in [-0.4, -0.2) is 34.1 Å². The average Bonchev–Trinajstić information content (AvgIpc) is 2.13. The third-order valence-electron chi connectivity index (χ3n) is 1.83. The standard InChI is InChI=1S/C12H24BrNO2S2/c1-11(2,3)16-10(15)14-8-9-17-18-12(4,5)6-7-13/h6-9H2,1-5H3,(H,14,15). The van der Waals surface area contributed by atoms with E-state index < -0.39 is 5.60 Å². The van der Waals surface area contributed by atoms with E-state index in [-0.39, 0.29) is 10.8 Å². The van der Waals surface area contributed by atoms with Gasteiger partial charge in [-0.15, -0.1) is 0 Å². The van der Waals surface area contributed by atoms with Crippen molar-refractivity contribution in [2.45, 2.75) is 51.4 Å². The Bertz CT molecular complexity index is 255. The van der Waals surface area contributed by atoms with Gasteiger partial charge < -0.3 is 10.1 Å². The Labute approximate surface area is 127 Å². The Kier molecular flexibility index (Phi) is 8.80. The number of alkyl carbamates (subject to hydrolysis) is 1. The molecule has 0 aliphatic rings. The van der Waals surface area contributed by atoms with Crippen LogP contribution in [0.2, 0.25) is 0 Å². The first-order valence-electron chi connectivity index (χ1n) is 6.00. The molecule has 1 N–H and O–H groups in total. The minimum absolute atomic E-state index is 0.264. The number of rotatable bonds is 7. The number of nitrogens with one attached hydrogen (secondary N) is 1. The fourth-order valence-electron chi connectivity index (χ4n) is 0.979. The van der Waals surface area contributed by atoms with Gasteiger partial charge in [-0.1, -0.05) is 37.5 Å². The van der Waals surface area contributed by atoms with E-state index in [0.717, 1.165) is 17.5 Å². The Morgan fingerprint density at radius 2 is 1.89 bits per heavy atom. The van der Waals surface area contributed by atoms with E-state index in [1.54, 1.807) is 10.8 Å². The normalized spacial score (nSPS) is 12.3. The molecule has 0 aromatic rings. The lowest BCUT2D eigenvalue weighted by molar-refractivity contribution is 0.0531. The topological polar surface area (TPSA) is 38.3 Å². The molecule has 18 heavy (non-hydrogen) atoms. The number of alkyl halides is 1. The second kappa shape index (κ2) is 8.59. The summed E-state index contributed by atoms with van der Waals surface area (Å²) in [6.45, 7) is 10.7. The van der Waals surface area contributed by atoms with Gasteiger partial charge in [-0.2, -0.15) is 0 Å². The van der Waals surface area contributed by atoms with Crippen LogP contribution >= 0.6 is 37.5 Å². The third-order valence-corrected chi connectivity index (χ3v) is 5.58. The molecule has 0 bridgehead atoms. The van der Waals surface area contributed by atoms with Crippen LogP contribution in [0.25, 0.3) is 0 Å². The minimum Gasteiger partial charge on any atom is -0.444 e. The first-order valence-corrected chi connectivity index (χ1v) is 9.44. The largest absolute Gasteiger partial charge is 0.444 e. The average molecular weight is 358 g/mol. The molecule has 6 heteroatoms. The maximum atomic E-state index is 11.4.